The van der Waals surface area contributed by atoms with Gasteiger partial charge in [-0.15, -0.1) is 0 Å². The zero-order valence-electron chi connectivity index (χ0n) is 13.4. The monoisotopic (exact) mass is 341 g/mol. The lowest BCUT2D eigenvalue weighted by Crippen LogP contribution is -2.33. The summed E-state index contributed by atoms with van der Waals surface area (Å²) >= 11 is 6.27. The number of pyridine rings is 1. The van der Waals surface area contributed by atoms with Crippen LogP contribution >= 0.6 is 11.6 Å². The van der Waals surface area contributed by atoms with Crippen molar-refractivity contribution < 1.29 is 4.79 Å². The Labute approximate surface area is 147 Å². The largest absolute Gasteiger partial charge is 0.338 e. The molecule has 4 nitrogen and oxygen atoms in total. The summed E-state index contributed by atoms with van der Waals surface area (Å²) < 4.78 is 0. The molecule has 2 fully saturated rings. The summed E-state index contributed by atoms with van der Waals surface area (Å²) in [5.41, 5.74) is 1.92. The van der Waals surface area contributed by atoms with E-state index in [-0.39, 0.29) is 5.91 Å². The smallest absolute Gasteiger partial charge is 0.253 e. The van der Waals surface area contributed by atoms with Gasteiger partial charge in [0.25, 0.3) is 5.91 Å². The highest BCUT2D eigenvalue weighted by atomic mass is 35.5. The highest BCUT2D eigenvalue weighted by Gasteiger charge is 2.41. The van der Waals surface area contributed by atoms with E-state index in [0.29, 0.717) is 11.8 Å². The number of aromatic nitrogens is 1. The molecular formula is C19H20ClN3O. The number of rotatable bonds is 3. The quantitative estimate of drug-likeness (QED) is 0.861. The molecule has 5 heteroatoms. The molecule has 0 spiro atoms. The third-order valence-corrected chi connectivity index (χ3v) is 5.50. The third kappa shape index (κ3) is 3.04. The van der Waals surface area contributed by atoms with E-state index in [4.69, 9.17) is 11.6 Å². The predicted molar refractivity (Wildman–Crippen MR) is 93.8 cm³/mol. The van der Waals surface area contributed by atoms with Gasteiger partial charge in [-0.2, -0.15) is 0 Å². The second kappa shape index (κ2) is 6.54. The summed E-state index contributed by atoms with van der Waals surface area (Å²) in [6, 6.07) is 11.6. The van der Waals surface area contributed by atoms with Crippen LogP contribution in [0.2, 0.25) is 5.02 Å². The van der Waals surface area contributed by atoms with Crippen LogP contribution in [0.25, 0.3) is 0 Å². The highest BCUT2D eigenvalue weighted by Crippen LogP contribution is 2.33. The maximum absolute atomic E-state index is 12.6. The molecule has 1 aromatic carbocycles. The number of nitrogens with zero attached hydrogens (tertiary/aromatic N) is 3. The number of benzene rings is 1. The van der Waals surface area contributed by atoms with Gasteiger partial charge < -0.3 is 4.90 Å². The summed E-state index contributed by atoms with van der Waals surface area (Å²) in [6.07, 6.45) is 3.35. The lowest BCUT2D eigenvalue weighted by molar-refractivity contribution is 0.0773. The van der Waals surface area contributed by atoms with Crippen molar-refractivity contribution in [2.45, 2.75) is 6.54 Å². The Hall–Kier alpha value is -1.91. The average Bonchev–Trinajstić information content (AvgIpc) is 3.15. The second-order valence-corrected chi connectivity index (χ2v) is 7.16. The summed E-state index contributed by atoms with van der Waals surface area (Å²) in [5.74, 6) is 1.26. The molecule has 0 bridgehead atoms. The van der Waals surface area contributed by atoms with Gasteiger partial charge in [0.2, 0.25) is 0 Å². The van der Waals surface area contributed by atoms with E-state index in [0.717, 1.165) is 43.3 Å². The van der Waals surface area contributed by atoms with Crippen LogP contribution in [0.1, 0.15) is 15.9 Å². The van der Waals surface area contributed by atoms with Crippen molar-refractivity contribution in [3.8, 4) is 0 Å². The summed E-state index contributed by atoms with van der Waals surface area (Å²) in [7, 11) is 0. The molecule has 0 N–H and O–H groups in total. The minimum atomic E-state index is 0.129. The molecule has 2 aliphatic heterocycles. The fourth-order valence-corrected chi connectivity index (χ4v) is 4.13. The molecule has 0 unspecified atom stereocenters. The first kappa shape index (κ1) is 15.6. The van der Waals surface area contributed by atoms with Gasteiger partial charge >= 0.3 is 0 Å². The average molecular weight is 342 g/mol. The van der Waals surface area contributed by atoms with Crippen LogP contribution in [0.15, 0.2) is 48.8 Å². The Kier molecular flexibility index (Phi) is 4.25. The molecule has 0 radical (unpaired) electrons. The Balaban J connectivity index is 1.37. The molecule has 3 heterocycles. The topological polar surface area (TPSA) is 36.4 Å². The second-order valence-electron chi connectivity index (χ2n) is 6.75. The van der Waals surface area contributed by atoms with Crippen LogP contribution in [0.3, 0.4) is 0 Å². The van der Waals surface area contributed by atoms with Gasteiger partial charge in [0.1, 0.15) is 0 Å². The van der Waals surface area contributed by atoms with Crippen LogP contribution in [-0.4, -0.2) is 46.9 Å². The minimum Gasteiger partial charge on any atom is -0.338 e. The molecule has 2 atom stereocenters. The van der Waals surface area contributed by atoms with Gasteiger partial charge in [-0.1, -0.05) is 29.8 Å². The van der Waals surface area contributed by atoms with Crippen molar-refractivity contribution in [1.82, 2.24) is 14.8 Å². The molecule has 2 aliphatic rings. The number of fused-ring (bicyclic) bond motifs is 1. The Morgan fingerprint density at radius 1 is 1.04 bits per heavy atom. The number of halogens is 1. The first-order valence-corrected chi connectivity index (χ1v) is 8.73. The first-order chi connectivity index (χ1) is 11.7. The lowest BCUT2D eigenvalue weighted by atomic mass is 10.0. The molecule has 2 aromatic rings. The van der Waals surface area contributed by atoms with Crippen LogP contribution in [0, 0.1) is 11.8 Å². The Bertz CT molecular complexity index is 722. The molecule has 0 saturated carbocycles. The molecule has 0 aliphatic carbocycles. The summed E-state index contributed by atoms with van der Waals surface area (Å²) in [5, 5.41) is 0.837. The maximum Gasteiger partial charge on any atom is 0.253 e. The standard InChI is InChI=1S/C19H20ClN3O/c20-18-4-2-1-3-15(18)9-22-10-16-12-23(13-17(16)11-22)19(24)14-5-7-21-8-6-14/h1-8,16-17H,9-13H2/t16-,17+. The SMILES string of the molecule is O=C(c1ccncc1)N1C[C@H]2CN(Cc3ccccc3Cl)C[C@H]2C1. The zero-order valence-corrected chi connectivity index (χ0v) is 14.2. The Morgan fingerprint density at radius 3 is 2.38 bits per heavy atom. The van der Waals surface area contributed by atoms with E-state index in [1.807, 2.05) is 23.1 Å². The zero-order chi connectivity index (χ0) is 16.5. The highest BCUT2D eigenvalue weighted by molar-refractivity contribution is 6.31. The number of hydrogen-bond donors (Lipinski definition) is 0. The third-order valence-electron chi connectivity index (χ3n) is 5.13. The first-order valence-electron chi connectivity index (χ1n) is 8.36. The fourth-order valence-electron chi connectivity index (χ4n) is 3.93. The minimum absolute atomic E-state index is 0.129. The number of carbonyl (C=O) groups is 1. The van der Waals surface area contributed by atoms with E-state index in [1.54, 1.807) is 24.5 Å². The molecule has 124 valence electrons. The van der Waals surface area contributed by atoms with E-state index >= 15 is 0 Å². The van der Waals surface area contributed by atoms with Crippen molar-refractivity contribution in [2.24, 2.45) is 11.8 Å². The molecule has 2 saturated heterocycles. The van der Waals surface area contributed by atoms with Gasteiger partial charge in [0.05, 0.1) is 0 Å². The molecule has 4 rings (SSSR count). The molecule has 1 amide bonds. The molecule has 24 heavy (non-hydrogen) atoms. The number of carbonyl (C=O) groups excluding carboxylic acids is 1. The normalized spacial score (nSPS) is 23.5. The van der Waals surface area contributed by atoms with Gasteiger partial charge in [0.15, 0.2) is 0 Å². The summed E-state index contributed by atoms with van der Waals surface area (Å²) in [6.45, 7) is 4.67. The lowest BCUT2D eigenvalue weighted by Gasteiger charge is -2.22. The van der Waals surface area contributed by atoms with Gasteiger partial charge in [0, 0.05) is 55.7 Å². The molecular weight excluding hydrogens is 322 g/mol. The van der Waals surface area contributed by atoms with Gasteiger partial charge in [-0.3, -0.25) is 14.7 Å². The number of hydrogen-bond acceptors (Lipinski definition) is 3. The molecule has 1 aromatic heterocycles. The van der Waals surface area contributed by atoms with Crippen molar-refractivity contribution in [3.05, 3.63) is 64.9 Å². The Morgan fingerprint density at radius 2 is 1.71 bits per heavy atom. The van der Waals surface area contributed by atoms with Crippen molar-refractivity contribution in [3.63, 3.8) is 0 Å². The number of likely N-dealkylation sites (tertiary alicyclic amines) is 2. The van der Waals surface area contributed by atoms with Crippen LogP contribution in [0.4, 0.5) is 0 Å². The predicted octanol–water partition coefficient (Wildman–Crippen LogP) is 2.94. The van der Waals surface area contributed by atoms with Crippen LogP contribution < -0.4 is 0 Å². The van der Waals surface area contributed by atoms with Crippen LogP contribution in [0.5, 0.6) is 0 Å². The van der Waals surface area contributed by atoms with Gasteiger partial charge in [-0.05, 0) is 35.6 Å². The van der Waals surface area contributed by atoms with E-state index in [9.17, 15) is 4.79 Å². The van der Waals surface area contributed by atoms with E-state index in [1.165, 1.54) is 5.56 Å². The maximum atomic E-state index is 12.6. The van der Waals surface area contributed by atoms with Crippen molar-refractivity contribution >= 4 is 17.5 Å². The van der Waals surface area contributed by atoms with E-state index < -0.39 is 0 Å². The summed E-state index contributed by atoms with van der Waals surface area (Å²) in [4.78, 5) is 21.0. The fraction of sp³-hybridized carbons (Fsp3) is 0.368. The van der Waals surface area contributed by atoms with Crippen LogP contribution in [-0.2, 0) is 6.54 Å². The van der Waals surface area contributed by atoms with E-state index in [2.05, 4.69) is 16.0 Å². The number of amides is 1. The van der Waals surface area contributed by atoms with Crippen molar-refractivity contribution in [1.29, 1.82) is 0 Å². The van der Waals surface area contributed by atoms with Gasteiger partial charge in [-0.25, -0.2) is 0 Å². The van der Waals surface area contributed by atoms with Crippen molar-refractivity contribution in [2.75, 3.05) is 26.2 Å².